The maximum absolute atomic E-state index is 9.54. The number of para-hydroxylation sites is 1. The first-order valence-corrected chi connectivity index (χ1v) is 6.75. The van der Waals surface area contributed by atoms with Crippen molar-refractivity contribution in [1.82, 2.24) is 4.98 Å². The second-order valence-corrected chi connectivity index (χ2v) is 5.12. The summed E-state index contributed by atoms with van der Waals surface area (Å²) in [4.78, 5) is 4.26. The first kappa shape index (κ1) is 13.1. The molecule has 21 heavy (non-hydrogen) atoms. The summed E-state index contributed by atoms with van der Waals surface area (Å²) in [5.41, 5.74) is 0.374. The number of aromatic nitrogens is 1. The fourth-order valence-corrected chi connectivity index (χ4v) is 2.58. The van der Waals surface area contributed by atoms with E-state index in [1.807, 2.05) is 30.3 Å². The zero-order chi connectivity index (χ0) is 14.7. The Labute approximate surface area is 123 Å². The minimum absolute atomic E-state index is 0.0738. The van der Waals surface area contributed by atoms with Crippen molar-refractivity contribution in [1.29, 1.82) is 10.5 Å². The van der Waals surface area contributed by atoms with Crippen molar-refractivity contribution < 1.29 is 4.74 Å². The average molecular weight is 275 g/mol. The predicted molar refractivity (Wildman–Crippen MR) is 76.3 cm³/mol. The van der Waals surface area contributed by atoms with Crippen LogP contribution in [0.4, 0.5) is 0 Å². The topological polar surface area (TPSA) is 69.7 Å². The van der Waals surface area contributed by atoms with Gasteiger partial charge in [-0.25, -0.2) is 0 Å². The number of rotatable bonds is 4. The lowest BCUT2D eigenvalue weighted by Gasteiger charge is -2.10. The van der Waals surface area contributed by atoms with Gasteiger partial charge in [0, 0.05) is 12.1 Å². The Morgan fingerprint density at radius 1 is 1.19 bits per heavy atom. The second-order valence-electron chi connectivity index (χ2n) is 5.12. The van der Waals surface area contributed by atoms with Gasteiger partial charge in [0.05, 0.1) is 23.9 Å². The maximum atomic E-state index is 9.54. The zero-order valence-corrected chi connectivity index (χ0v) is 11.4. The summed E-state index contributed by atoms with van der Waals surface area (Å²) in [6.45, 7) is 0.457. The van der Waals surface area contributed by atoms with Crippen LogP contribution in [0.5, 0.6) is 5.75 Å². The molecule has 0 spiro atoms. The molecule has 2 atom stereocenters. The van der Waals surface area contributed by atoms with Gasteiger partial charge in [-0.2, -0.15) is 10.5 Å². The van der Waals surface area contributed by atoms with Gasteiger partial charge in [0.15, 0.2) is 0 Å². The van der Waals surface area contributed by atoms with Gasteiger partial charge in [0.1, 0.15) is 17.2 Å². The zero-order valence-electron chi connectivity index (χ0n) is 11.4. The first-order valence-electron chi connectivity index (χ1n) is 6.75. The quantitative estimate of drug-likeness (QED) is 0.860. The van der Waals surface area contributed by atoms with Gasteiger partial charge in [0.25, 0.3) is 0 Å². The molecular formula is C17H13N3O. The number of ether oxygens (including phenoxy) is 1. The Kier molecular flexibility index (Phi) is 3.30. The molecule has 2 aromatic rings. The number of hydrogen-bond donors (Lipinski definition) is 0. The van der Waals surface area contributed by atoms with Crippen LogP contribution in [-0.2, 0) is 5.41 Å². The van der Waals surface area contributed by atoms with E-state index in [4.69, 9.17) is 10.00 Å². The van der Waals surface area contributed by atoms with Crippen molar-refractivity contribution in [3.63, 3.8) is 0 Å². The van der Waals surface area contributed by atoms with E-state index in [2.05, 4.69) is 17.1 Å². The van der Waals surface area contributed by atoms with E-state index < -0.39 is 5.41 Å². The summed E-state index contributed by atoms with van der Waals surface area (Å²) in [5, 5.41) is 18.7. The molecule has 1 aliphatic carbocycles. The van der Waals surface area contributed by atoms with E-state index in [1.165, 1.54) is 0 Å². The molecule has 1 aromatic heterocycles. The van der Waals surface area contributed by atoms with Crippen molar-refractivity contribution >= 4 is 0 Å². The molecule has 0 aliphatic heterocycles. The lowest BCUT2D eigenvalue weighted by molar-refractivity contribution is 0.291. The lowest BCUT2D eigenvalue weighted by atomic mass is 9.96. The van der Waals surface area contributed by atoms with Crippen LogP contribution in [0, 0.1) is 28.6 Å². The summed E-state index contributed by atoms with van der Waals surface area (Å²) >= 11 is 0. The van der Waals surface area contributed by atoms with Gasteiger partial charge in [-0.15, -0.1) is 0 Å². The van der Waals surface area contributed by atoms with Crippen LogP contribution in [0.25, 0.3) is 0 Å². The smallest absolute Gasteiger partial charge is 0.119 e. The highest BCUT2D eigenvalue weighted by atomic mass is 16.5. The Morgan fingerprint density at radius 2 is 2.00 bits per heavy atom. The summed E-state index contributed by atoms with van der Waals surface area (Å²) in [6, 6.07) is 17.4. The summed E-state index contributed by atoms with van der Waals surface area (Å²) in [6.07, 6.45) is 2.31. The van der Waals surface area contributed by atoms with Crippen molar-refractivity contribution in [2.24, 2.45) is 5.92 Å². The van der Waals surface area contributed by atoms with Gasteiger partial charge in [-0.05, 0) is 30.7 Å². The molecule has 0 bridgehead atoms. The molecule has 1 fully saturated rings. The van der Waals surface area contributed by atoms with Crippen molar-refractivity contribution in [2.45, 2.75) is 11.8 Å². The van der Waals surface area contributed by atoms with Crippen molar-refractivity contribution in [2.75, 3.05) is 6.61 Å². The fourth-order valence-electron chi connectivity index (χ4n) is 2.58. The molecule has 102 valence electrons. The molecule has 4 heteroatoms. The molecule has 3 rings (SSSR count). The molecular weight excluding hydrogens is 262 g/mol. The highest BCUT2D eigenvalue weighted by Crippen LogP contribution is 2.54. The Bertz CT molecular complexity index is 730. The van der Waals surface area contributed by atoms with Crippen LogP contribution in [0.3, 0.4) is 0 Å². The molecule has 1 saturated carbocycles. The molecule has 0 amide bonds. The van der Waals surface area contributed by atoms with Crippen LogP contribution in [0.2, 0.25) is 0 Å². The summed E-state index contributed by atoms with van der Waals surface area (Å²) in [5.74, 6) is 0.863. The normalized spacial score (nSPS) is 22.9. The third-order valence-corrected chi connectivity index (χ3v) is 3.85. The Hall–Kier alpha value is -2.85. The molecule has 0 saturated heterocycles. The third-order valence-electron chi connectivity index (χ3n) is 3.85. The lowest BCUT2D eigenvalue weighted by Crippen LogP contribution is -2.15. The predicted octanol–water partition coefficient (Wildman–Crippen LogP) is 2.81. The van der Waals surface area contributed by atoms with Gasteiger partial charge in [-0.3, -0.25) is 4.98 Å². The molecule has 1 heterocycles. The Morgan fingerprint density at radius 3 is 2.71 bits per heavy atom. The number of nitriles is 2. The number of pyridine rings is 1. The van der Waals surface area contributed by atoms with Crippen molar-refractivity contribution in [3.05, 3.63) is 59.9 Å². The van der Waals surface area contributed by atoms with Gasteiger partial charge in [-0.1, -0.05) is 18.2 Å². The third kappa shape index (κ3) is 2.32. The van der Waals surface area contributed by atoms with Crippen LogP contribution in [-0.4, -0.2) is 11.6 Å². The summed E-state index contributed by atoms with van der Waals surface area (Å²) < 4.78 is 5.72. The minimum Gasteiger partial charge on any atom is -0.493 e. The molecule has 1 aliphatic rings. The van der Waals surface area contributed by atoms with E-state index >= 15 is 0 Å². The molecule has 0 N–H and O–H groups in total. The number of hydrogen-bond acceptors (Lipinski definition) is 4. The van der Waals surface area contributed by atoms with Crippen molar-refractivity contribution in [3.8, 4) is 17.9 Å². The van der Waals surface area contributed by atoms with E-state index in [0.717, 1.165) is 5.75 Å². The largest absolute Gasteiger partial charge is 0.493 e. The van der Waals surface area contributed by atoms with E-state index in [9.17, 15) is 5.26 Å². The van der Waals surface area contributed by atoms with E-state index in [0.29, 0.717) is 24.3 Å². The number of benzene rings is 1. The van der Waals surface area contributed by atoms with Crippen LogP contribution in [0.15, 0.2) is 48.7 Å². The van der Waals surface area contributed by atoms with Gasteiger partial charge >= 0.3 is 0 Å². The second kappa shape index (κ2) is 5.26. The van der Waals surface area contributed by atoms with Crippen LogP contribution in [0.1, 0.15) is 17.7 Å². The first-order chi connectivity index (χ1) is 10.3. The molecule has 0 radical (unpaired) electrons. The molecule has 2 unspecified atom stereocenters. The van der Waals surface area contributed by atoms with Crippen LogP contribution >= 0.6 is 0 Å². The average Bonchev–Trinajstić information content (AvgIpc) is 3.28. The Balaban J connectivity index is 1.77. The fraction of sp³-hybridized carbons (Fsp3) is 0.235. The summed E-state index contributed by atoms with van der Waals surface area (Å²) in [7, 11) is 0. The highest BCUT2D eigenvalue weighted by molar-refractivity contribution is 5.47. The minimum atomic E-state index is -0.679. The highest BCUT2D eigenvalue weighted by Gasteiger charge is 2.58. The van der Waals surface area contributed by atoms with Crippen LogP contribution < -0.4 is 4.74 Å². The van der Waals surface area contributed by atoms with E-state index in [1.54, 1.807) is 18.3 Å². The standard InChI is InChI=1S/C17H13N3O/c18-10-13-5-4-8-20-16(13)17(12-19)9-14(17)11-21-15-6-2-1-3-7-15/h1-8,14H,9,11H2. The maximum Gasteiger partial charge on any atom is 0.119 e. The van der Waals surface area contributed by atoms with Gasteiger partial charge in [0.2, 0.25) is 0 Å². The van der Waals surface area contributed by atoms with Gasteiger partial charge < -0.3 is 4.74 Å². The SMILES string of the molecule is N#Cc1cccnc1C1(C#N)CC1COc1ccccc1. The molecule has 4 nitrogen and oxygen atoms in total. The number of nitrogens with zero attached hydrogens (tertiary/aromatic N) is 3. The monoisotopic (exact) mass is 275 g/mol. The van der Waals surface area contributed by atoms with E-state index in [-0.39, 0.29) is 5.92 Å². The molecule has 1 aromatic carbocycles.